The molecule has 10 heteroatoms. The summed E-state index contributed by atoms with van der Waals surface area (Å²) in [7, 11) is 2.94. The SMILES string of the molecule is COc1ccccc1NC(=O)[C@H]1CC(=O)N(C)C(=Nc2cccc(C(F)(F)F)c2)S1. The number of hydrogen-bond donors (Lipinski definition) is 1. The third kappa shape index (κ3) is 4.93. The zero-order valence-electron chi connectivity index (χ0n) is 16.1. The van der Waals surface area contributed by atoms with Crippen LogP contribution in [0, 0.1) is 0 Å². The molecule has 6 nitrogen and oxygen atoms in total. The molecule has 0 aromatic heterocycles. The van der Waals surface area contributed by atoms with Crippen molar-refractivity contribution >= 4 is 40.1 Å². The molecule has 30 heavy (non-hydrogen) atoms. The second-order valence-electron chi connectivity index (χ2n) is 6.40. The summed E-state index contributed by atoms with van der Waals surface area (Å²) < 4.78 is 44.0. The molecular weight excluding hydrogens is 419 g/mol. The number of carbonyl (C=O) groups is 2. The quantitative estimate of drug-likeness (QED) is 0.774. The number of methoxy groups -OCH3 is 1. The topological polar surface area (TPSA) is 71.0 Å². The third-order valence-electron chi connectivity index (χ3n) is 4.32. The van der Waals surface area contributed by atoms with Crippen LogP contribution in [-0.2, 0) is 15.8 Å². The zero-order valence-corrected chi connectivity index (χ0v) is 16.9. The van der Waals surface area contributed by atoms with E-state index in [2.05, 4.69) is 10.3 Å². The molecule has 1 aliphatic heterocycles. The highest BCUT2D eigenvalue weighted by atomic mass is 32.2. The number of halogens is 3. The predicted molar refractivity (Wildman–Crippen MR) is 109 cm³/mol. The average Bonchev–Trinajstić information content (AvgIpc) is 2.71. The van der Waals surface area contributed by atoms with E-state index >= 15 is 0 Å². The fraction of sp³-hybridized carbons (Fsp3) is 0.250. The minimum atomic E-state index is -4.51. The fourth-order valence-electron chi connectivity index (χ4n) is 2.72. The molecule has 0 radical (unpaired) electrons. The van der Waals surface area contributed by atoms with Gasteiger partial charge in [0.1, 0.15) is 11.0 Å². The van der Waals surface area contributed by atoms with E-state index in [0.717, 1.165) is 23.9 Å². The molecule has 2 amide bonds. The first kappa shape index (κ1) is 21.7. The zero-order chi connectivity index (χ0) is 21.9. The van der Waals surface area contributed by atoms with E-state index in [1.165, 1.54) is 31.2 Å². The number of anilines is 1. The number of hydrogen-bond acceptors (Lipinski definition) is 5. The summed E-state index contributed by atoms with van der Waals surface area (Å²) in [5.41, 5.74) is -0.351. The first-order valence-corrected chi connectivity index (χ1v) is 9.70. The van der Waals surface area contributed by atoms with E-state index in [0.29, 0.717) is 11.4 Å². The van der Waals surface area contributed by atoms with Crippen molar-refractivity contribution in [2.75, 3.05) is 19.5 Å². The molecule has 2 aromatic carbocycles. The lowest BCUT2D eigenvalue weighted by atomic mass is 10.2. The average molecular weight is 437 g/mol. The summed E-state index contributed by atoms with van der Waals surface area (Å²) in [6.45, 7) is 0. The van der Waals surface area contributed by atoms with E-state index < -0.39 is 22.9 Å². The number of carbonyl (C=O) groups excluding carboxylic acids is 2. The van der Waals surface area contributed by atoms with Gasteiger partial charge in [-0.2, -0.15) is 13.2 Å². The van der Waals surface area contributed by atoms with Crippen LogP contribution >= 0.6 is 11.8 Å². The van der Waals surface area contributed by atoms with Crippen molar-refractivity contribution in [3.05, 3.63) is 54.1 Å². The monoisotopic (exact) mass is 437 g/mol. The van der Waals surface area contributed by atoms with E-state index in [-0.39, 0.29) is 23.2 Å². The molecule has 0 aliphatic carbocycles. The van der Waals surface area contributed by atoms with Gasteiger partial charge in [-0.15, -0.1) is 0 Å². The van der Waals surface area contributed by atoms with Crippen molar-refractivity contribution in [1.29, 1.82) is 0 Å². The van der Waals surface area contributed by atoms with E-state index in [9.17, 15) is 22.8 Å². The minimum Gasteiger partial charge on any atom is -0.495 e. The summed E-state index contributed by atoms with van der Waals surface area (Å²) in [4.78, 5) is 30.5. The van der Waals surface area contributed by atoms with E-state index in [1.54, 1.807) is 24.3 Å². The second-order valence-corrected chi connectivity index (χ2v) is 7.57. The summed E-state index contributed by atoms with van der Waals surface area (Å²) in [6.07, 6.45) is -4.57. The van der Waals surface area contributed by atoms with Gasteiger partial charge in [0.15, 0.2) is 5.17 Å². The highest BCUT2D eigenvalue weighted by Crippen LogP contribution is 2.34. The number of alkyl halides is 3. The molecule has 0 saturated carbocycles. The molecule has 2 aromatic rings. The normalized spacial score (nSPS) is 18.4. The van der Waals surface area contributed by atoms with Crippen molar-refractivity contribution in [3.63, 3.8) is 0 Å². The van der Waals surface area contributed by atoms with Crippen molar-refractivity contribution in [2.24, 2.45) is 4.99 Å². The summed E-state index contributed by atoms with van der Waals surface area (Å²) >= 11 is 1.01. The largest absolute Gasteiger partial charge is 0.495 e. The first-order chi connectivity index (χ1) is 14.2. The van der Waals surface area contributed by atoms with Gasteiger partial charge in [-0.05, 0) is 30.3 Å². The summed E-state index contributed by atoms with van der Waals surface area (Å²) in [6, 6.07) is 11.3. The number of benzene rings is 2. The number of amidine groups is 1. The molecule has 1 N–H and O–H groups in total. The number of para-hydroxylation sites is 2. The first-order valence-electron chi connectivity index (χ1n) is 8.82. The molecule has 1 fully saturated rings. The molecule has 0 spiro atoms. The van der Waals surface area contributed by atoms with Crippen LogP contribution in [0.3, 0.4) is 0 Å². The Kier molecular flexibility index (Phi) is 6.35. The van der Waals surface area contributed by atoms with Gasteiger partial charge < -0.3 is 10.1 Å². The molecule has 1 saturated heterocycles. The smallest absolute Gasteiger partial charge is 0.416 e. The van der Waals surface area contributed by atoms with Gasteiger partial charge in [-0.25, -0.2) is 4.99 Å². The maximum Gasteiger partial charge on any atom is 0.416 e. The van der Waals surface area contributed by atoms with Gasteiger partial charge in [0.25, 0.3) is 0 Å². The van der Waals surface area contributed by atoms with Crippen LogP contribution in [0.4, 0.5) is 24.5 Å². The van der Waals surface area contributed by atoms with Gasteiger partial charge in [0.2, 0.25) is 11.8 Å². The Bertz CT molecular complexity index is 995. The van der Waals surface area contributed by atoms with E-state index in [1.807, 2.05) is 0 Å². The predicted octanol–water partition coefficient (Wildman–Crippen LogP) is 4.30. The van der Waals surface area contributed by atoms with Gasteiger partial charge >= 0.3 is 6.18 Å². The van der Waals surface area contributed by atoms with Crippen LogP contribution in [0.25, 0.3) is 0 Å². The molecule has 3 rings (SSSR count). The highest BCUT2D eigenvalue weighted by Gasteiger charge is 2.35. The Balaban J connectivity index is 1.83. The minimum absolute atomic E-state index is 0.0396. The molecule has 1 atom stereocenters. The van der Waals surface area contributed by atoms with Crippen molar-refractivity contribution in [3.8, 4) is 5.75 Å². The summed E-state index contributed by atoms with van der Waals surface area (Å²) in [5, 5.41) is 2.08. The van der Waals surface area contributed by atoms with Gasteiger partial charge in [0.05, 0.1) is 24.0 Å². The number of amides is 2. The molecule has 158 valence electrons. The molecule has 1 heterocycles. The van der Waals surface area contributed by atoms with Crippen LogP contribution in [0.5, 0.6) is 5.75 Å². The Labute approximate surface area is 175 Å². The highest BCUT2D eigenvalue weighted by molar-refractivity contribution is 8.15. The lowest BCUT2D eigenvalue weighted by Crippen LogP contribution is -2.43. The Morgan fingerprint density at radius 3 is 2.67 bits per heavy atom. The Morgan fingerprint density at radius 1 is 1.23 bits per heavy atom. The van der Waals surface area contributed by atoms with E-state index in [4.69, 9.17) is 4.74 Å². The van der Waals surface area contributed by atoms with Gasteiger partial charge in [-0.3, -0.25) is 14.5 Å². The summed E-state index contributed by atoms with van der Waals surface area (Å²) in [5.74, 6) is -0.324. The number of ether oxygens (including phenoxy) is 1. The maximum atomic E-state index is 12.9. The Hall–Kier alpha value is -3.01. The van der Waals surface area contributed by atoms with Gasteiger partial charge in [-0.1, -0.05) is 30.0 Å². The van der Waals surface area contributed by atoms with Gasteiger partial charge in [0, 0.05) is 13.5 Å². The molecular formula is C20H18F3N3O3S. The number of rotatable bonds is 4. The van der Waals surface area contributed by atoms with Crippen LogP contribution < -0.4 is 10.1 Å². The number of nitrogens with one attached hydrogen (secondary N) is 1. The standard InChI is InChI=1S/C20H18F3N3O3S/c1-26-17(27)11-16(18(28)25-14-8-3-4-9-15(14)29-2)30-19(26)24-13-7-5-6-12(10-13)20(21,22)23/h3-10,16H,11H2,1-2H3,(H,25,28)/t16-/m1/s1. The number of thioether (sulfide) groups is 1. The lowest BCUT2D eigenvalue weighted by Gasteiger charge is -2.29. The number of nitrogens with zero attached hydrogens (tertiary/aromatic N) is 2. The second kappa shape index (κ2) is 8.78. The van der Waals surface area contributed by atoms with Crippen molar-refractivity contribution in [2.45, 2.75) is 17.8 Å². The van der Waals surface area contributed by atoms with Crippen LogP contribution in [-0.4, -0.2) is 41.3 Å². The lowest BCUT2D eigenvalue weighted by molar-refractivity contribution is -0.137. The van der Waals surface area contributed by atoms with Crippen molar-refractivity contribution < 1.29 is 27.5 Å². The fourth-order valence-corrected chi connectivity index (χ4v) is 3.79. The maximum absolute atomic E-state index is 12.9. The molecule has 1 aliphatic rings. The molecule has 0 bridgehead atoms. The van der Waals surface area contributed by atoms with Crippen LogP contribution in [0.15, 0.2) is 53.5 Å². The van der Waals surface area contributed by atoms with Crippen molar-refractivity contribution in [1.82, 2.24) is 4.90 Å². The van der Waals surface area contributed by atoms with Crippen LogP contribution in [0.2, 0.25) is 0 Å². The molecule has 0 unspecified atom stereocenters. The van der Waals surface area contributed by atoms with Crippen LogP contribution in [0.1, 0.15) is 12.0 Å². The number of aliphatic imine (C=N–C) groups is 1. The Morgan fingerprint density at radius 2 is 1.97 bits per heavy atom. The third-order valence-corrected chi connectivity index (χ3v) is 5.57.